The monoisotopic (exact) mass is 572 g/mol. The maximum atomic E-state index is 12.8. The second-order valence-corrected chi connectivity index (χ2v) is 9.69. The highest BCUT2D eigenvalue weighted by Gasteiger charge is 2.12. The third-order valence-corrected chi connectivity index (χ3v) is 6.54. The first-order chi connectivity index (χ1) is 19.7. The molecule has 0 radical (unpaired) electrons. The third kappa shape index (κ3) is 12.1. The van der Waals surface area contributed by atoms with Crippen molar-refractivity contribution in [2.75, 3.05) is 89.8 Å². The fourth-order valence-corrected chi connectivity index (χ4v) is 4.41. The van der Waals surface area contributed by atoms with Crippen molar-refractivity contribution in [2.24, 2.45) is 5.73 Å². The summed E-state index contributed by atoms with van der Waals surface area (Å²) in [5.74, 6) is -0.177. The second-order valence-electron chi connectivity index (χ2n) is 8.66. The van der Waals surface area contributed by atoms with Crippen LogP contribution in [0.1, 0.15) is 15.9 Å². The number of hydrogen-bond acceptors (Lipinski definition) is 10. The Labute approximate surface area is 240 Å². The van der Waals surface area contributed by atoms with Crippen LogP contribution in [0.3, 0.4) is 0 Å². The number of aryl methyl sites for hydroxylation is 1. The quantitative estimate of drug-likeness (QED) is 0.163. The van der Waals surface area contributed by atoms with Crippen molar-refractivity contribution < 1.29 is 28.5 Å². The van der Waals surface area contributed by atoms with E-state index in [1.54, 1.807) is 6.20 Å². The Hall–Kier alpha value is -2.90. The molecule has 0 spiro atoms. The summed E-state index contributed by atoms with van der Waals surface area (Å²) in [6.07, 6.45) is 1.78. The van der Waals surface area contributed by atoms with E-state index in [2.05, 4.69) is 15.6 Å². The SMILES string of the molecule is Cc1cc(NCCOCCOCCOCCOCCOCCN)ccc1C(=O)Nc1ncc(-c2ccccc2)s1. The number of rotatable bonds is 21. The van der Waals surface area contributed by atoms with Crippen LogP contribution in [0.5, 0.6) is 0 Å². The second kappa shape index (κ2) is 19.2. The Bertz CT molecular complexity index is 1110. The van der Waals surface area contributed by atoms with E-state index in [1.807, 2.05) is 55.5 Å². The van der Waals surface area contributed by atoms with E-state index in [0.717, 1.165) is 21.7 Å². The number of thiazole rings is 1. The molecule has 4 N–H and O–H groups in total. The maximum Gasteiger partial charge on any atom is 0.257 e. The highest BCUT2D eigenvalue weighted by Crippen LogP contribution is 2.29. The van der Waals surface area contributed by atoms with Crippen molar-refractivity contribution in [3.8, 4) is 10.4 Å². The molecular formula is C29H40N4O6S. The molecule has 0 unspecified atom stereocenters. The van der Waals surface area contributed by atoms with Crippen LogP contribution in [0.15, 0.2) is 54.7 Å². The summed E-state index contributed by atoms with van der Waals surface area (Å²) in [6, 6.07) is 15.6. The number of carbonyl (C=O) groups is 1. The van der Waals surface area contributed by atoms with Crippen molar-refractivity contribution in [3.05, 3.63) is 65.9 Å². The smallest absolute Gasteiger partial charge is 0.257 e. The molecular weight excluding hydrogens is 532 g/mol. The zero-order chi connectivity index (χ0) is 28.3. The lowest BCUT2D eigenvalue weighted by Gasteiger charge is -2.11. The van der Waals surface area contributed by atoms with Crippen molar-refractivity contribution in [3.63, 3.8) is 0 Å². The van der Waals surface area contributed by atoms with Crippen LogP contribution in [0.4, 0.5) is 10.8 Å². The van der Waals surface area contributed by atoms with Crippen LogP contribution in [0.25, 0.3) is 10.4 Å². The van der Waals surface area contributed by atoms with Crippen LogP contribution in [-0.2, 0) is 23.7 Å². The molecule has 0 atom stereocenters. The summed E-state index contributed by atoms with van der Waals surface area (Å²) in [4.78, 5) is 18.2. The number of nitrogens with zero attached hydrogens (tertiary/aromatic N) is 1. The number of aromatic nitrogens is 1. The van der Waals surface area contributed by atoms with Crippen LogP contribution in [-0.4, -0.2) is 90.0 Å². The van der Waals surface area contributed by atoms with Gasteiger partial charge in [-0.1, -0.05) is 41.7 Å². The summed E-state index contributed by atoms with van der Waals surface area (Å²) in [5.41, 5.74) is 8.83. The largest absolute Gasteiger partial charge is 0.383 e. The topological polar surface area (TPSA) is 126 Å². The number of anilines is 2. The Morgan fingerprint density at radius 2 is 1.43 bits per heavy atom. The molecule has 0 aliphatic carbocycles. The van der Waals surface area contributed by atoms with E-state index in [4.69, 9.17) is 29.4 Å². The standard InChI is InChI=1S/C29H40N4O6S/c1-23-21-25(31-10-12-36-14-16-38-18-20-39-19-17-37-15-13-35-11-9-30)7-8-26(23)28(34)33-29-32-22-27(40-29)24-5-3-2-4-6-24/h2-8,21-22,31H,9-20,30H2,1H3,(H,32,33,34). The molecule has 218 valence electrons. The van der Waals surface area contributed by atoms with Gasteiger partial charge in [-0.25, -0.2) is 4.98 Å². The number of hydrogen-bond donors (Lipinski definition) is 3. The van der Waals surface area contributed by atoms with Gasteiger partial charge in [-0.05, 0) is 36.2 Å². The molecule has 0 aliphatic heterocycles. The first-order valence-corrected chi connectivity index (χ1v) is 14.2. The van der Waals surface area contributed by atoms with Gasteiger partial charge in [0.25, 0.3) is 5.91 Å². The van der Waals surface area contributed by atoms with E-state index in [-0.39, 0.29) is 5.91 Å². The van der Waals surface area contributed by atoms with Crippen molar-refractivity contribution >= 4 is 28.1 Å². The van der Waals surface area contributed by atoms with Crippen molar-refractivity contribution in [2.45, 2.75) is 6.92 Å². The molecule has 40 heavy (non-hydrogen) atoms. The number of nitrogens with two attached hydrogens (primary N) is 1. The molecule has 3 aromatic rings. The molecule has 1 aromatic heterocycles. The van der Waals surface area contributed by atoms with Gasteiger partial charge in [-0.3, -0.25) is 10.1 Å². The van der Waals surface area contributed by atoms with E-state index in [1.165, 1.54) is 11.3 Å². The van der Waals surface area contributed by atoms with Gasteiger partial charge in [0.1, 0.15) is 0 Å². The zero-order valence-corrected chi connectivity index (χ0v) is 23.9. The van der Waals surface area contributed by atoms with Gasteiger partial charge in [0, 0.05) is 30.5 Å². The highest BCUT2D eigenvalue weighted by atomic mass is 32.1. The van der Waals surface area contributed by atoms with E-state index in [0.29, 0.717) is 89.9 Å². The van der Waals surface area contributed by atoms with Gasteiger partial charge in [-0.2, -0.15) is 0 Å². The van der Waals surface area contributed by atoms with Crippen molar-refractivity contribution in [1.82, 2.24) is 4.98 Å². The molecule has 10 nitrogen and oxygen atoms in total. The summed E-state index contributed by atoms with van der Waals surface area (Å²) >= 11 is 1.45. The highest BCUT2D eigenvalue weighted by molar-refractivity contribution is 7.19. The van der Waals surface area contributed by atoms with Gasteiger partial charge in [0.2, 0.25) is 0 Å². The molecule has 1 amide bonds. The summed E-state index contributed by atoms with van der Waals surface area (Å²) in [7, 11) is 0. The molecule has 2 aromatic carbocycles. The molecule has 0 aliphatic rings. The Morgan fingerprint density at radius 3 is 2.02 bits per heavy atom. The van der Waals surface area contributed by atoms with Crippen LogP contribution in [0.2, 0.25) is 0 Å². The van der Waals surface area contributed by atoms with E-state index >= 15 is 0 Å². The van der Waals surface area contributed by atoms with Crippen LogP contribution < -0.4 is 16.4 Å². The van der Waals surface area contributed by atoms with Gasteiger partial charge in [0.15, 0.2) is 5.13 Å². The lowest BCUT2D eigenvalue weighted by atomic mass is 10.1. The Balaban J connectivity index is 1.21. The van der Waals surface area contributed by atoms with Crippen LogP contribution >= 0.6 is 11.3 Å². The minimum atomic E-state index is -0.177. The summed E-state index contributed by atoms with van der Waals surface area (Å²) in [6.45, 7) is 8.36. The molecule has 0 bridgehead atoms. The van der Waals surface area contributed by atoms with Gasteiger partial charge >= 0.3 is 0 Å². The average molecular weight is 573 g/mol. The Kier molecular flexibility index (Phi) is 15.2. The number of carbonyl (C=O) groups excluding carboxylic acids is 1. The molecule has 11 heteroatoms. The fourth-order valence-electron chi connectivity index (χ4n) is 3.59. The fraction of sp³-hybridized carbons (Fsp3) is 0.448. The first-order valence-electron chi connectivity index (χ1n) is 13.4. The predicted molar refractivity (Wildman–Crippen MR) is 158 cm³/mol. The molecule has 1 heterocycles. The molecule has 0 saturated heterocycles. The summed E-state index contributed by atoms with van der Waals surface area (Å²) < 4.78 is 27.2. The minimum Gasteiger partial charge on any atom is -0.383 e. The maximum absolute atomic E-state index is 12.8. The molecule has 0 saturated carbocycles. The van der Waals surface area contributed by atoms with Crippen LogP contribution in [0, 0.1) is 6.92 Å². The Morgan fingerprint density at radius 1 is 0.825 bits per heavy atom. The number of benzene rings is 2. The number of ether oxygens (including phenoxy) is 5. The predicted octanol–water partition coefficient (Wildman–Crippen LogP) is 3.82. The lowest BCUT2D eigenvalue weighted by molar-refractivity contribution is -0.00985. The van der Waals surface area contributed by atoms with Gasteiger partial charge in [0.05, 0.1) is 70.9 Å². The van der Waals surface area contributed by atoms with Gasteiger partial charge < -0.3 is 34.7 Å². The van der Waals surface area contributed by atoms with Crippen molar-refractivity contribution in [1.29, 1.82) is 0 Å². The zero-order valence-electron chi connectivity index (χ0n) is 23.1. The number of amides is 1. The normalized spacial score (nSPS) is 11.1. The summed E-state index contributed by atoms with van der Waals surface area (Å²) in [5, 5.41) is 6.80. The lowest BCUT2D eigenvalue weighted by Crippen LogP contribution is -2.16. The number of nitrogens with one attached hydrogen (secondary N) is 2. The van der Waals surface area contributed by atoms with E-state index in [9.17, 15) is 4.79 Å². The molecule has 3 rings (SSSR count). The van der Waals surface area contributed by atoms with E-state index < -0.39 is 0 Å². The first kappa shape index (κ1) is 31.6. The minimum absolute atomic E-state index is 0.177. The third-order valence-electron chi connectivity index (χ3n) is 5.58. The average Bonchev–Trinajstić information content (AvgIpc) is 3.43. The molecule has 0 fully saturated rings. The van der Waals surface area contributed by atoms with Gasteiger partial charge in [-0.15, -0.1) is 0 Å².